The maximum absolute atomic E-state index is 12.1. The second-order valence-electron chi connectivity index (χ2n) is 24.6. The summed E-state index contributed by atoms with van der Waals surface area (Å²) in [7, 11) is 0. The van der Waals surface area contributed by atoms with Crippen molar-refractivity contribution >= 4 is 0 Å². The molecular weight excluding hydrogens is 993 g/mol. The van der Waals surface area contributed by atoms with E-state index in [1.165, 1.54) is 153 Å². The molecular formula is C72H112O8. The summed E-state index contributed by atoms with van der Waals surface area (Å²) in [6.45, 7) is 8.95. The van der Waals surface area contributed by atoms with Crippen LogP contribution in [0.3, 0.4) is 0 Å². The zero-order valence-electron chi connectivity index (χ0n) is 50.8. The van der Waals surface area contributed by atoms with Gasteiger partial charge >= 0.3 is 0 Å². The fourth-order valence-electron chi connectivity index (χ4n) is 13.2. The van der Waals surface area contributed by atoms with Crippen LogP contribution in [0.1, 0.15) is 353 Å². The van der Waals surface area contributed by atoms with Crippen LogP contribution in [0.4, 0.5) is 0 Å². The van der Waals surface area contributed by atoms with Gasteiger partial charge in [0.25, 0.3) is 0 Å². The van der Waals surface area contributed by atoms with Crippen molar-refractivity contribution < 1.29 is 40.9 Å². The maximum Gasteiger partial charge on any atom is 0.123 e. The minimum Gasteiger partial charge on any atom is -0.508 e. The van der Waals surface area contributed by atoms with E-state index in [-0.39, 0.29) is 46.0 Å². The average molecular weight is 1110 g/mol. The molecule has 0 atom stereocenters. The summed E-state index contributed by atoms with van der Waals surface area (Å²) in [5.41, 5.74) is 4.45. The molecule has 8 N–H and O–H groups in total. The summed E-state index contributed by atoms with van der Waals surface area (Å²) in [6, 6.07) is 13.3. The highest BCUT2D eigenvalue weighted by atomic mass is 16.3. The SMILES string of the molecule is CCCCCCCCCCCC1c2cc(c(O)cc2O)C(CCCCCCCCCCC)c2cc(c(O)cc2O)[C@H](CCCCCCCCCCC)c2cc(c(O)cc2O)[C@H](CCCCCCCCCCC)c2cc1c(O)cc2O. The molecule has 448 valence electrons. The summed E-state index contributed by atoms with van der Waals surface area (Å²) in [5.74, 6) is -2.88. The maximum atomic E-state index is 12.1. The van der Waals surface area contributed by atoms with Crippen molar-refractivity contribution in [3.63, 3.8) is 0 Å². The molecule has 0 unspecified atom stereocenters. The number of hydrogen-bond acceptors (Lipinski definition) is 8. The molecule has 0 saturated heterocycles. The number of aromatic hydroxyl groups is 8. The zero-order chi connectivity index (χ0) is 57.5. The number of rotatable bonds is 40. The van der Waals surface area contributed by atoms with E-state index in [1.807, 2.05) is 24.3 Å². The molecule has 1 aliphatic rings. The third-order valence-corrected chi connectivity index (χ3v) is 18.1. The lowest BCUT2D eigenvalue weighted by Crippen LogP contribution is -2.11. The quantitative estimate of drug-likeness (QED) is 0.0204. The van der Waals surface area contributed by atoms with Crippen LogP contribution in [-0.2, 0) is 0 Å². The van der Waals surface area contributed by atoms with Gasteiger partial charge in [0.1, 0.15) is 46.0 Å². The highest BCUT2D eigenvalue weighted by molar-refractivity contribution is 5.62. The minimum absolute atomic E-state index is 0.0900. The molecule has 0 aliphatic heterocycles. The van der Waals surface area contributed by atoms with Crippen LogP contribution in [0.25, 0.3) is 0 Å². The Bertz CT molecular complexity index is 1930. The van der Waals surface area contributed by atoms with Gasteiger partial charge in [-0.05, 0) is 49.9 Å². The fourth-order valence-corrected chi connectivity index (χ4v) is 13.2. The van der Waals surface area contributed by atoms with Crippen LogP contribution < -0.4 is 0 Å². The number of fused-ring (bicyclic) bond motifs is 8. The molecule has 80 heavy (non-hydrogen) atoms. The Labute approximate surface area is 485 Å². The van der Waals surface area contributed by atoms with Crippen LogP contribution in [0, 0.1) is 0 Å². The fraction of sp³-hybridized carbons (Fsp3) is 0.667. The second kappa shape index (κ2) is 37.4. The lowest BCUT2D eigenvalue weighted by Gasteiger charge is -2.29. The highest BCUT2D eigenvalue weighted by Crippen LogP contribution is 2.52. The summed E-state index contributed by atoms with van der Waals surface area (Å²) >= 11 is 0. The first-order chi connectivity index (χ1) is 38.9. The van der Waals surface area contributed by atoms with Gasteiger partial charge in [-0.15, -0.1) is 0 Å². The van der Waals surface area contributed by atoms with Crippen molar-refractivity contribution in [2.45, 2.75) is 308 Å². The van der Waals surface area contributed by atoms with Gasteiger partial charge in [0.2, 0.25) is 0 Å². The first kappa shape index (κ1) is 66.1. The predicted octanol–water partition coefficient (Wildman–Crippen LogP) is 21.9. The molecule has 0 spiro atoms. The van der Waals surface area contributed by atoms with E-state index in [0.29, 0.717) is 70.2 Å². The lowest BCUT2D eigenvalue weighted by molar-refractivity contribution is 0.418. The monoisotopic (exact) mass is 1100 g/mol. The first-order valence-corrected chi connectivity index (χ1v) is 33.2. The summed E-state index contributed by atoms with van der Waals surface area (Å²) < 4.78 is 0. The smallest absolute Gasteiger partial charge is 0.123 e. The van der Waals surface area contributed by atoms with Gasteiger partial charge in [0, 0.05) is 92.4 Å². The molecule has 8 bridgehead atoms. The number of hydrogen-bond donors (Lipinski definition) is 8. The van der Waals surface area contributed by atoms with Crippen molar-refractivity contribution in [2.24, 2.45) is 0 Å². The van der Waals surface area contributed by atoms with Crippen molar-refractivity contribution in [3.05, 3.63) is 93.0 Å². The van der Waals surface area contributed by atoms with E-state index in [4.69, 9.17) is 0 Å². The number of benzene rings is 4. The minimum atomic E-state index is -0.540. The van der Waals surface area contributed by atoms with Crippen molar-refractivity contribution in [1.29, 1.82) is 0 Å². The molecule has 0 fully saturated rings. The van der Waals surface area contributed by atoms with Gasteiger partial charge in [-0.25, -0.2) is 0 Å². The normalized spacial score (nSPS) is 16.1. The third kappa shape index (κ3) is 20.9. The second-order valence-corrected chi connectivity index (χ2v) is 24.6. The van der Waals surface area contributed by atoms with Crippen LogP contribution in [0.15, 0.2) is 48.5 Å². The summed E-state index contributed by atoms with van der Waals surface area (Å²) in [5, 5.41) is 97.1. The third-order valence-electron chi connectivity index (χ3n) is 18.1. The van der Waals surface area contributed by atoms with E-state index in [0.717, 1.165) is 103 Å². The largest absolute Gasteiger partial charge is 0.508 e. The van der Waals surface area contributed by atoms with Crippen LogP contribution in [-0.4, -0.2) is 40.9 Å². The van der Waals surface area contributed by atoms with Gasteiger partial charge in [-0.3, -0.25) is 0 Å². The van der Waals surface area contributed by atoms with Crippen LogP contribution in [0.2, 0.25) is 0 Å². The number of unbranched alkanes of at least 4 members (excludes halogenated alkanes) is 32. The van der Waals surface area contributed by atoms with E-state index >= 15 is 0 Å². The van der Waals surface area contributed by atoms with Crippen LogP contribution >= 0.6 is 0 Å². The summed E-state index contributed by atoms with van der Waals surface area (Å²) in [4.78, 5) is 0. The van der Waals surface area contributed by atoms with Crippen molar-refractivity contribution in [1.82, 2.24) is 0 Å². The topological polar surface area (TPSA) is 162 Å². The van der Waals surface area contributed by atoms with Gasteiger partial charge in [-0.2, -0.15) is 0 Å². The van der Waals surface area contributed by atoms with Crippen molar-refractivity contribution in [3.8, 4) is 46.0 Å². The molecule has 8 nitrogen and oxygen atoms in total. The summed E-state index contributed by atoms with van der Waals surface area (Å²) in [6.07, 6.45) is 43.1. The standard InChI is InChI=1S/C72H112O8/c1-5-9-13-17-21-25-29-33-37-41-53-57-45-59(67(75)49-65(57)73)54(42-38-34-30-26-22-18-14-10-6-2)61-47-63(71(79)51-69(61)77)56(44-40-36-32-28-24-20-16-12-8-4)64-48-62(70(78)52-72(64)80)55(60-46-58(53)66(74)50-68(60)76)43-39-35-31-27-23-19-15-11-7-3/h45-56,73-80H,5-44H2,1-4H3/t53-,54+,55?,56?. The molecule has 4 aromatic rings. The molecule has 5 rings (SSSR count). The van der Waals surface area contributed by atoms with Crippen LogP contribution in [0.5, 0.6) is 46.0 Å². The average Bonchev–Trinajstić information content (AvgIpc) is 3.53. The molecule has 0 saturated carbocycles. The Morgan fingerprint density at radius 1 is 0.188 bits per heavy atom. The van der Waals surface area contributed by atoms with E-state index in [9.17, 15) is 40.9 Å². The van der Waals surface area contributed by atoms with Crippen molar-refractivity contribution in [2.75, 3.05) is 0 Å². The lowest BCUT2D eigenvalue weighted by atomic mass is 9.76. The Balaban J connectivity index is 1.69. The Morgan fingerprint density at radius 2 is 0.312 bits per heavy atom. The Kier molecular flexibility index (Phi) is 30.9. The number of phenols is 8. The first-order valence-electron chi connectivity index (χ1n) is 33.2. The Morgan fingerprint density at radius 3 is 0.450 bits per heavy atom. The van der Waals surface area contributed by atoms with Gasteiger partial charge < -0.3 is 40.9 Å². The van der Waals surface area contributed by atoms with Gasteiger partial charge in [0.05, 0.1) is 0 Å². The Hall–Kier alpha value is -4.72. The number of phenolic OH excluding ortho intramolecular Hbond substituents is 8. The zero-order valence-corrected chi connectivity index (χ0v) is 50.8. The molecule has 4 aromatic carbocycles. The van der Waals surface area contributed by atoms with Gasteiger partial charge in [0.15, 0.2) is 0 Å². The van der Waals surface area contributed by atoms with E-state index in [2.05, 4.69) is 27.7 Å². The molecule has 0 aromatic heterocycles. The van der Waals surface area contributed by atoms with Gasteiger partial charge in [-0.1, -0.05) is 259 Å². The molecule has 0 amide bonds. The van der Waals surface area contributed by atoms with E-state index < -0.39 is 23.7 Å². The molecule has 1 aliphatic carbocycles. The molecule has 0 radical (unpaired) electrons. The van der Waals surface area contributed by atoms with E-state index in [1.54, 1.807) is 0 Å². The predicted molar refractivity (Wildman–Crippen MR) is 334 cm³/mol. The molecule has 8 heteroatoms. The highest BCUT2D eigenvalue weighted by Gasteiger charge is 2.33. The molecule has 0 heterocycles.